The number of aliphatic carboxylic acids is 2. The summed E-state index contributed by atoms with van der Waals surface area (Å²) in [6.07, 6.45) is 0. The van der Waals surface area contributed by atoms with Gasteiger partial charge in [0.2, 0.25) is 0 Å². The van der Waals surface area contributed by atoms with Crippen molar-refractivity contribution in [3.05, 3.63) is 0 Å². The van der Waals surface area contributed by atoms with Gasteiger partial charge in [0, 0.05) is 11.9 Å². The van der Waals surface area contributed by atoms with Gasteiger partial charge < -0.3 is 41.7 Å². The fourth-order valence-electron chi connectivity index (χ4n) is 0. The minimum atomic E-state index is -1.08. The fourth-order valence-corrected chi connectivity index (χ4v) is 0. The first-order chi connectivity index (χ1) is 3.46. The van der Waals surface area contributed by atoms with Crippen LogP contribution in [0.4, 0.5) is 0 Å². The molecule has 80 valence electrons. The summed E-state index contributed by atoms with van der Waals surface area (Å²) in [6.45, 7) is 1.94. The molecule has 0 fully saturated rings. The average molecular weight is 230 g/mol. The zero-order valence-corrected chi connectivity index (χ0v) is 9.55. The molecule has 8 N–H and O–H groups in total. The summed E-state index contributed by atoms with van der Waals surface area (Å²) in [5.74, 6) is -2.17. The van der Waals surface area contributed by atoms with Crippen molar-refractivity contribution in [3.8, 4) is 0 Å². The van der Waals surface area contributed by atoms with Gasteiger partial charge in [-0.05, 0) is 13.8 Å². The average Bonchev–Trinajstić information content (AvgIpc) is 1.25. The number of carboxylic acids is 2. The van der Waals surface area contributed by atoms with Crippen molar-refractivity contribution < 1.29 is 41.7 Å². The Morgan fingerprint density at radius 3 is 0.769 bits per heavy atom. The molecular formula is C4H14CaO8. The summed E-state index contributed by atoms with van der Waals surface area (Å²) in [6, 6.07) is 0. The second-order valence-corrected chi connectivity index (χ2v) is 0.983. The molecule has 0 amide bonds. The quantitative estimate of drug-likeness (QED) is 0.372. The molecule has 0 saturated heterocycles. The molecule has 0 atom stereocenters. The Labute approximate surface area is 105 Å². The van der Waals surface area contributed by atoms with E-state index >= 15 is 0 Å². The first kappa shape index (κ1) is 51.8. The van der Waals surface area contributed by atoms with Gasteiger partial charge in [0.05, 0.1) is 0 Å². The van der Waals surface area contributed by atoms with Crippen LogP contribution >= 0.6 is 0 Å². The largest absolute Gasteiger partial charge is 2.00 e. The third kappa shape index (κ3) is 768000. The number of carbonyl (C=O) groups is 2. The van der Waals surface area contributed by atoms with Crippen molar-refractivity contribution in [1.82, 2.24) is 0 Å². The van der Waals surface area contributed by atoms with Gasteiger partial charge in [0.1, 0.15) is 0 Å². The third-order valence-electron chi connectivity index (χ3n) is 0. The van der Waals surface area contributed by atoms with Crippen molar-refractivity contribution >= 4 is 49.7 Å². The number of carbonyl (C=O) groups excluding carboxylic acids is 2. The van der Waals surface area contributed by atoms with Crippen LogP contribution in [0.5, 0.6) is 0 Å². The van der Waals surface area contributed by atoms with Crippen LogP contribution in [-0.2, 0) is 9.59 Å². The summed E-state index contributed by atoms with van der Waals surface area (Å²) in [5, 5.41) is 17.8. The molecule has 0 aliphatic heterocycles. The standard InChI is InChI=1S/2C2H4O2.Ca.4H2O/c2*1-2(3)4;;;;;/h2*1H3,(H,3,4);;4*1H2/q;;+2;;;;/p-2. The molecule has 0 aromatic heterocycles. The van der Waals surface area contributed by atoms with E-state index in [-0.39, 0.29) is 59.6 Å². The molecule has 0 saturated carbocycles. The van der Waals surface area contributed by atoms with Gasteiger partial charge in [0.15, 0.2) is 0 Å². The first-order valence-corrected chi connectivity index (χ1v) is 1.82. The molecule has 0 rings (SSSR count). The Kier molecular flexibility index (Phi) is 160. The summed E-state index contributed by atoms with van der Waals surface area (Å²) < 4.78 is 0. The zero-order chi connectivity index (χ0) is 7.15. The summed E-state index contributed by atoms with van der Waals surface area (Å²) >= 11 is 0. The molecule has 0 unspecified atom stereocenters. The molecule has 0 spiro atoms. The van der Waals surface area contributed by atoms with Gasteiger partial charge in [-0.25, -0.2) is 0 Å². The maximum atomic E-state index is 8.89. The second kappa shape index (κ2) is 40.2. The molecule has 13 heavy (non-hydrogen) atoms. The Morgan fingerprint density at radius 1 is 0.769 bits per heavy atom. The van der Waals surface area contributed by atoms with Crippen LogP contribution in [0, 0.1) is 0 Å². The van der Waals surface area contributed by atoms with E-state index in [2.05, 4.69) is 0 Å². The van der Waals surface area contributed by atoms with Crippen LogP contribution in [0.25, 0.3) is 0 Å². The van der Waals surface area contributed by atoms with Gasteiger partial charge in [-0.1, -0.05) is 0 Å². The molecule has 0 aliphatic rings. The fraction of sp³-hybridized carbons (Fsp3) is 0.500. The predicted molar refractivity (Wildman–Crippen MR) is 41.6 cm³/mol. The molecule has 0 radical (unpaired) electrons. The van der Waals surface area contributed by atoms with Gasteiger partial charge >= 0.3 is 37.7 Å². The van der Waals surface area contributed by atoms with E-state index in [1.807, 2.05) is 0 Å². The predicted octanol–water partition coefficient (Wildman–Crippen LogP) is -6.17. The minimum absolute atomic E-state index is 0. The molecule has 0 aliphatic carbocycles. The van der Waals surface area contributed by atoms with Crippen molar-refractivity contribution in [1.29, 1.82) is 0 Å². The summed E-state index contributed by atoms with van der Waals surface area (Å²) in [4.78, 5) is 17.8. The first-order valence-electron chi connectivity index (χ1n) is 1.82. The molecule has 0 aromatic rings. The van der Waals surface area contributed by atoms with E-state index in [1.54, 1.807) is 0 Å². The Morgan fingerprint density at radius 2 is 0.769 bits per heavy atom. The van der Waals surface area contributed by atoms with Crippen molar-refractivity contribution in [2.24, 2.45) is 0 Å². The molecule has 9 heteroatoms. The molecule has 0 aromatic carbocycles. The Hall–Kier alpha value is 0.0397. The Balaban J connectivity index is -0.00000000800. The monoisotopic (exact) mass is 230 g/mol. The topological polar surface area (TPSA) is 206 Å². The van der Waals surface area contributed by atoms with E-state index in [9.17, 15) is 0 Å². The molecule has 0 heterocycles. The van der Waals surface area contributed by atoms with E-state index in [4.69, 9.17) is 19.8 Å². The van der Waals surface area contributed by atoms with Crippen LogP contribution < -0.4 is 10.2 Å². The van der Waals surface area contributed by atoms with Gasteiger partial charge in [-0.2, -0.15) is 0 Å². The number of hydrogen-bond donors (Lipinski definition) is 0. The van der Waals surface area contributed by atoms with Crippen LogP contribution in [0.15, 0.2) is 0 Å². The van der Waals surface area contributed by atoms with Crippen LogP contribution in [0.2, 0.25) is 0 Å². The second-order valence-electron chi connectivity index (χ2n) is 0.983. The van der Waals surface area contributed by atoms with Crippen LogP contribution in [0.1, 0.15) is 13.8 Å². The van der Waals surface area contributed by atoms with E-state index in [0.717, 1.165) is 13.8 Å². The molecule has 8 nitrogen and oxygen atoms in total. The normalized spacial score (nSPS) is 3.85. The number of carboxylic acid groups (broad SMARTS) is 2. The maximum absolute atomic E-state index is 8.89. The maximum Gasteiger partial charge on any atom is 2.00 e. The smallest absolute Gasteiger partial charge is 0.550 e. The minimum Gasteiger partial charge on any atom is -0.550 e. The van der Waals surface area contributed by atoms with E-state index < -0.39 is 11.9 Å². The SMILES string of the molecule is CC(=O)[O-].CC(=O)[O-].O.O.O.O.[Ca+2]. The van der Waals surface area contributed by atoms with Gasteiger partial charge in [-0.15, -0.1) is 0 Å². The van der Waals surface area contributed by atoms with Crippen molar-refractivity contribution in [3.63, 3.8) is 0 Å². The third-order valence-corrected chi connectivity index (χ3v) is 0. The zero-order valence-electron chi connectivity index (χ0n) is 7.34. The molecular weight excluding hydrogens is 216 g/mol. The Bertz CT molecular complexity index is 74.1. The van der Waals surface area contributed by atoms with Crippen molar-refractivity contribution in [2.75, 3.05) is 0 Å². The van der Waals surface area contributed by atoms with Gasteiger partial charge in [-0.3, -0.25) is 0 Å². The van der Waals surface area contributed by atoms with E-state index in [1.165, 1.54) is 0 Å². The summed E-state index contributed by atoms with van der Waals surface area (Å²) in [7, 11) is 0. The van der Waals surface area contributed by atoms with Crippen LogP contribution in [0.3, 0.4) is 0 Å². The number of hydrogen-bond acceptors (Lipinski definition) is 4. The van der Waals surface area contributed by atoms with Gasteiger partial charge in [0.25, 0.3) is 0 Å². The van der Waals surface area contributed by atoms with Crippen molar-refractivity contribution in [2.45, 2.75) is 13.8 Å². The number of rotatable bonds is 0. The van der Waals surface area contributed by atoms with E-state index in [0.29, 0.717) is 0 Å². The summed E-state index contributed by atoms with van der Waals surface area (Å²) in [5.41, 5.74) is 0. The molecule has 0 bridgehead atoms. The van der Waals surface area contributed by atoms with Crippen LogP contribution in [-0.4, -0.2) is 71.6 Å².